The normalized spacial score (nSPS) is 11.6. The molecule has 0 spiro atoms. The average Bonchev–Trinajstić information content (AvgIpc) is 2.56. The van der Waals surface area contributed by atoms with E-state index in [2.05, 4.69) is 5.32 Å². The van der Waals surface area contributed by atoms with Gasteiger partial charge in [-0.25, -0.2) is 0 Å². The van der Waals surface area contributed by atoms with E-state index in [-0.39, 0.29) is 11.5 Å². The molecule has 0 radical (unpaired) electrons. The van der Waals surface area contributed by atoms with E-state index in [1.54, 1.807) is 24.3 Å². The first-order valence-electron chi connectivity index (χ1n) is 7.86. The minimum Gasteiger partial charge on any atom is -0.480 e. The molecule has 0 aliphatic heterocycles. The highest BCUT2D eigenvalue weighted by atomic mass is 16.5. The highest BCUT2D eigenvalue weighted by molar-refractivity contribution is 6.04. The number of hydrogen-bond donors (Lipinski definition) is 2. The van der Waals surface area contributed by atoms with E-state index in [4.69, 9.17) is 10.5 Å². The molecule has 0 aliphatic carbocycles. The molecule has 2 amide bonds. The number of nitrogens with two attached hydrogens (primary N) is 1. The second-order valence-electron chi connectivity index (χ2n) is 5.61. The van der Waals surface area contributed by atoms with E-state index in [1.165, 1.54) is 0 Å². The summed E-state index contributed by atoms with van der Waals surface area (Å²) < 4.78 is 5.88. The number of para-hydroxylation sites is 1. The number of hydrogen-bond acceptors (Lipinski definition) is 3. The fourth-order valence-corrected chi connectivity index (χ4v) is 2.35. The number of anilines is 1. The Bertz CT molecular complexity index is 756. The van der Waals surface area contributed by atoms with Gasteiger partial charge in [-0.3, -0.25) is 9.59 Å². The van der Waals surface area contributed by atoms with Gasteiger partial charge in [0.1, 0.15) is 5.75 Å². The number of carbonyl (C=O) groups is 2. The molecule has 5 nitrogen and oxygen atoms in total. The lowest BCUT2D eigenvalue weighted by molar-refractivity contribution is -0.122. The highest BCUT2D eigenvalue weighted by Gasteiger charge is 2.21. The fourth-order valence-electron chi connectivity index (χ4n) is 2.35. The molecule has 0 saturated carbocycles. The van der Waals surface area contributed by atoms with Crippen molar-refractivity contribution in [1.29, 1.82) is 0 Å². The summed E-state index contributed by atoms with van der Waals surface area (Å²) in [5.41, 5.74) is 8.10. The molecule has 5 heteroatoms. The molecular weight excluding hydrogens is 304 g/mol. The summed E-state index contributed by atoms with van der Waals surface area (Å²) in [6, 6.07) is 12.4. The zero-order chi connectivity index (χ0) is 17.7. The molecule has 1 unspecified atom stereocenters. The van der Waals surface area contributed by atoms with Crippen LogP contribution in [0.3, 0.4) is 0 Å². The maximum absolute atomic E-state index is 12.5. The summed E-state index contributed by atoms with van der Waals surface area (Å²) in [5.74, 6) is -0.221. The van der Waals surface area contributed by atoms with Crippen molar-refractivity contribution >= 4 is 17.5 Å². The Kier molecular flexibility index (Phi) is 5.58. The van der Waals surface area contributed by atoms with Gasteiger partial charge >= 0.3 is 0 Å². The first kappa shape index (κ1) is 17.5. The van der Waals surface area contributed by atoms with Crippen LogP contribution in [0.2, 0.25) is 0 Å². The van der Waals surface area contributed by atoms with Gasteiger partial charge in [0, 0.05) is 0 Å². The molecule has 1 atom stereocenters. The van der Waals surface area contributed by atoms with E-state index < -0.39 is 12.0 Å². The topological polar surface area (TPSA) is 81.4 Å². The molecule has 24 heavy (non-hydrogen) atoms. The van der Waals surface area contributed by atoms with Crippen LogP contribution in [0.4, 0.5) is 5.69 Å². The number of primary amides is 1. The molecule has 0 heterocycles. The standard InChI is InChI=1S/C19H22N2O3/c1-4-16(24-17-11-7-8-12(2)13(17)3)19(23)21-15-10-6-5-9-14(15)18(20)22/h5-11,16H,4H2,1-3H3,(H2,20,22)(H,21,23). The van der Waals surface area contributed by atoms with Gasteiger partial charge in [-0.1, -0.05) is 31.2 Å². The minimum atomic E-state index is -0.661. The Morgan fingerprint density at radius 3 is 2.50 bits per heavy atom. The number of ether oxygens (including phenoxy) is 1. The Morgan fingerprint density at radius 2 is 1.83 bits per heavy atom. The third-order valence-electron chi connectivity index (χ3n) is 3.94. The van der Waals surface area contributed by atoms with Gasteiger partial charge in [0.2, 0.25) is 0 Å². The largest absolute Gasteiger partial charge is 0.480 e. The van der Waals surface area contributed by atoms with Crippen LogP contribution in [0, 0.1) is 13.8 Å². The van der Waals surface area contributed by atoms with E-state index in [0.29, 0.717) is 17.9 Å². The Balaban J connectivity index is 2.18. The van der Waals surface area contributed by atoms with Crippen molar-refractivity contribution in [3.05, 3.63) is 59.2 Å². The first-order valence-corrected chi connectivity index (χ1v) is 7.86. The van der Waals surface area contributed by atoms with Crippen molar-refractivity contribution < 1.29 is 14.3 Å². The van der Waals surface area contributed by atoms with Crippen LogP contribution in [-0.4, -0.2) is 17.9 Å². The summed E-state index contributed by atoms with van der Waals surface area (Å²) in [4.78, 5) is 24.0. The fraction of sp³-hybridized carbons (Fsp3) is 0.263. The number of rotatable bonds is 6. The SMILES string of the molecule is CCC(Oc1cccc(C)c1C)C(=O)Nc1ccccc1C(N)=O. The van der Waals surface area contributed by atoms with Crippen LogP contribution in [0.25, 0.3) is 0 Å². The van der Waals surface area contributed by atoms with Crippen LogP contribution in [0.1, 0.15) is 34.8 Å². The number of carbonyl (C=O) groups excluding carboxylic acids is 2. The van der Waals surface area contributed by atoms with Crippen LogP contribution < -0.4 is 15.8 Å². The maximum Gasteiger partial charge on any atom is 0.265 e. The lowest BCUT2D eigenvalue weighted by atomic mass is 10.1. The minimum absolute atomic E-state index is 0.271. The third kappa shape index (κ3) is 3.93. The smallest absolute Gasteiger partial charge is 0.265 e. The second-order valence-corrected chi connectivity index (χ2v) is 5.61. The zero-order valence-corrected chi connectivity index (χ0v) is 14.1. The molecule has 2 aromatic rings. The van der Waals surface area contributed by atoms with Gasteiger partial charge in [0.15, 0.2) is 6.10 Å². The van der Waals surface area contributed by atoms with E-state index in [0.717, 1.165) is 11.1 Å². The van der Waals surface area contributed by atoms with E-state index in [9.17, 15) is 9.59 Å². The van der Waals surface area contributed by atoms with Crippen LogP contribution in [0.15, 0.2) is 42.5 Å². The maximum atomic E-state index is 12.5. The van der Waals surface area contributed by atoms with Crippen molar-refractivity contribution in [2.75, 3.05) is 5.32 Å². The average molecular weight is 326 g/mol. The number of amides is 2. The van der Waals surface area contributed by atoms with Gasteiger partial charge in [-0.05, 0) is 49.6 Å². The zero-order valence-electron chi connectivity index (χ0n) is 14.1. The Labute approximate surface area is 141 Å². The predicted octanol–water partition coefficient (Wildman–Crippen LogP) is 3.20. The monoisotopic (exact) mass is 326 g/mol. The first-order chi connectivity index (χ1) is 11.4. The summed E-state index contributed by atoms with van der Waals surface area (Å²) in [6.07, 6.45) is -0.163. The van der Waals surface area contributed by atoms with Crippen molar-refractivity contribution in [1.82, 2.24) is 0 Å². The molecule has 2 rings (SSSR count). The molecule has 0 saturated heterocycles. The lowest BCUT2D eigenvalue weighted by Gasteiger charge is -2.20. The molecule has 2 aromatic carbocycles. The van der Waals surface area contributed by atoms with Crippen molar-refractivity contribution in [3.8, 4) is 5.75 Å². The molecule has 3 N–H and O–H groups in total. The number of benzene rings is 2. The highest BCUT2D eigenvalue weighted by Crippen LogP contribution is 2.23. The van der Waals surface area contributed by atoms with Crippen molar-refractivity contribution in [3.63, 3.8) is 0 Å². The number of aryl methyl sites for hydroxylation is 1. The quantitative estimate of drug-likeness (QED) is 0.855. The van der Waals surface area contributed by atoms with Crippen LogP contribution >= 0.6 is 0 Å². The second kappa shape index (κ2) is 7.64. The van der Waals surface area contributed by atoms with Gasteiger partial charge in [0.25, 0.3) is 11.8 Å². The van der Waals surface area contributed by atoms with Crippen molar-refractivity contribution in [2.45, 2.75) is 33.3 Å². The molecule has 126 valence electrons. The molecule has 0 aromatic heterocycles. The van der Waals surface area contributed by atoms with E-state index in [1.807, 2.05) is 39.0 Å². The molecule has 0 aliphatic rings. The Hall–Kier alpha value is -2.82. The van der Waals surface area contributed by atoms with Crippen molar-refractivity contribution in [2.24, 2.45) is 5.73 Å². The summed E-state index contributed by atoms with van der Waals surface area (Å²) >= 11 is 0. The van der Waals surface area contributed by atoms with Gasteiger partial charge in [-0.15, -0.1) is 0 Å². The predicted molar refractivity (Wildman–Crippen MR) is 94.2 cm³/mol. The van der Waals surface area contributed by atoms with Crippen LogP contribution in [0.5, 0.6) is 5.75 Å². The molecule has 0 bridgehead atoms. The molecular formula is C19H22N2O3. The number of nitrogens with one attached hydrogen (secondary N) is 1. The van der Waals surface area contributed by atoms with Gasteiger partial charge < -0.3 is 15.8 Å². The summed E-state index contributed by atoms with van der Waals surface area (Å²) in [5, 5.41) is 2.73. The summed E-state index contributed by atoms with van der Waals surface area (Å²) in [7, 11) is 0. The molecule has 0 fully saturated rings. The van der Waals surface area contributed by atoms with E-state index >= 15 is 0 Å². The van der Waals surface area contributed by atoms with Gasteiger partial charge in [0.05, 0.1) is 11.3 Å². The van der Waals surface area contributed by atoms with Gasteiger partial charge in [-0.2, -0.15) is 0 Å². The Morgan fingerprint density at radius 1 is 1.12 bits per heavy atom. The van der Waals surface area contributed by atoms with Crippen LogP contribution in [-0.2, 0) is 4.79 Å². The lowest BCUT2D eigenvalue weighted by Crippen LogP contribution is -2.33. The summed E-state index contributed by atoms with van der Waals surface area (Å²) in [6.45, 7) is 5.82. The third-order valence-corrected chi connectivity index (χ3v) is 3.94.